The molecule has 0 saturated carbocycles. The summed E-state index contributed by atoms with van der Waals surface area (Å²) in [7, 11) is -3.71. The topological polar surface area (TPSA) is 59.1 Å². The van der Waals surface area contributed by atoms with E-state index >= 15 is 0 Å². The fourth-order valence-electron chi connectivity index (χ4n) is 1.37. The van der Waals surface area contributed by atoms with Gasteiger partial charge < -0.3 is 0 Å². The summed E-state index contributed by atoms with van der Waals surface area (Å²) < 4.78 is 26.6. The maximum absolute atomic E-state index is 12.1. The van der Waals surface area contributed by atoms with E-state index in [1.807, 2.05) is 0 Å². The van der Waals surface area contributed by atoms with Crippen molar-refractivity contribution in [3.05, 3.63) is 52.1 Å². The van der Waals surface area contributed by atoms with Gasteiger partial charge in [-0.05, 0) is 36.8 Å². The predicted octanol–water partition coefficient (Wildman–Crippen LogP) is 3.50. The molecule has 1 N–H and O–H groups in total. The van der Waals surface area contributed by atoms with Gasteiger partial charge in [0.2, 0.25) is 0 Å². The highest BCUT2D eigenvalue weighted by Crippen LogP contribution is 2.21. The summed E-state index contributed by atoms with van der Waals surface area (Å²) in [6.07, 6.45) is 1.36. The van der Waals surface area contributed by atoms with E-state index in [9.17, 15) is 8.42 Å². The van der Waals surface area contributed by atoms with Gasteiger partial charge in [-0.15, -0.1) is 0 Å². The molecule has 0 radical (unpaired) electrons. The molecule has 7 heteroatoms. The third-order valence-corrected chi connectivity index (χ3v) is 4.40. The van der Waals surface area contributed by atoms with Crippen LogP contribution in [0.3, 0.4) is 0 Å². The number of aryl methyl sites for hydroxylation is 1. The van der Waals surface area contributed by atoms with Gasteiger partial charge in [0, 0.05) is 11.2 Å². The van der Waals surface area contributed by atoms with E-state index in [-0.39, 0.29) is 10.7 Å². The highest BCUT2D eigenvalue weighted by molar-refractivity contribution is 7.92. The second-order valence-corrected chi connectivity index (χ2v) is 6.40. The van der Waals surface area contributed by atoms with Gasteiger partial charge in [0.25, 0.3) is 10.0 Å². The van der Waals surface area contributed by atoms with Crippen LogP contribution in [-0.2, 0) is 10.0 Å². The van der Waals surface area contributed by atoms with Gasteiger partial charge in [-0.1, -0.05) is 29.3 Å². The first-order valence-corrected chi connectivity index (χ1v) is 7.53. The predicted molar refractivity (Wildman–Crippen MR) is 76.2 cm³/mol. The number of nitrogens with zero attached hydrogens (tertiary/aromatic N) is 1. The summed E-state index contributed by atoms with van der Waals surface area (Å²) in [5.41, 5.74) is 0.810. The molecule has 100 valence electrons. The average molecular weight is 317 g/mol. The molecule has 2 rings (SSSR count). The van der Waals surface area contributed by atoms with Crippen molar-refractivity contribution in [2.75, 3.05) is 4.72 Å². The van der Waals surface area contributed by atoms with Crippen LogP contribution in [0.25, 0.3) is 0 Å². The minimum absolute atomic E-state index is 0.0832. The van der Waals surface area contributed by atoms with Crippen LogP contribution in [0.4, 0.5) is 5.82 Å². The van der Waals surface area contributed by atoms with Gasteiger partial charge in [0.1, 0.15) is 5.82 Å². The average Bonchev–Trinajstić information content (AvgIpc) is 2.35. The van der Waals surface area contributed by atoms with Crippen molar-refractivity contribution in [2.45, 2.75) is 11.8 Å². The van der Waals surface area contributed by atoms with Crippen LogP contribution in [0.15, 0.2) is 41.4 Å². The molecule has 0 bridgehead atoms. The second kappa shape index (κ2) is 5.36. The van der Waals surface area contributed by atoms with Crippen LogP contribution in [0.1, 0.15) is 5.56 Å². The zero-order valence-corrected chi connectivity index (χ0v) is 12.2. The third-order valence-electron chi connectivity index (χ3n) is 2.42. The number of halogens is 2. The summed E-state index contributed by atoms with van der Waals surface area (Å²) in [4.78, 5) is 3.96. The largest absolute Gasteiger partial charge is 0.263 e. The molecule has 0 unspecified atom stereocenters. The van der Waals surface area contributed by atoms with Crippen LogP contribution < -0.4 is 4.72 Å². The van der Waals surface area contributed by atoms with Crippen LogP contribution in [0.5, 0.6) is 0 Å². The fraction of sp³-hybridized carbons (Fsp3) is 0.0833. The normalized spacial score (nSPS) is 11.3. The molecule has 0 amide bonds. The zero-order valence-electron chi connectivity index (χ0n) is 9.89. The first-order valence-electron chi connectivity index (χ1n) is 5.29. The Labute approximate surface area is 121 Å². The van der Waals surface area contributed by atoms with Crippen LogP contribution in [0, 0.1) is 6.92 Å². The Bertz CT molecular complexity index is 700. The van der Waals surface area contributed by atoms with Gasteiger partial charge >= 0.3 is 0 Å². The standard InChI is InChI=1S/C12H10Cl2N2O2S/c1-8-2-4-10(6-11(8)14)19(17,18)16-12-5-3-9(13)7-15-12/h2-7H,1H3,(H,15,16). The molecule has 4 nitrogen and oxygen atoms in total. The third kappa shape index (κ3) is 3.37. The molecule has 0 aliphatic rings. The summed E-state index contributed by atoms with van der Waals surface area (Å²) in [6.45, 7) is 1.80. The number of rotatable bonds is 3. The molecule has 19 heavy (non-hydrogen) atoms. The number of hydrogen-bond donors (Lipinski definition) is 1. The van der Waals surface area contributed by atoms with Crippen molar-refractivity contribution in [3.63, 3.8) is 0 Å². The van der Waals surface area contributed by atoms with Crippen molar-refractivity contribution in [2.24, 2.45) is 0 Å². The molecule has 2 aromatic rings. The molecule has 0 atom stereocenters. The monoisotopic (exact) mass is 316 g/mol. The Hall–Kier alpha value is -1.30. The summed E-state index contributed by atoms with van der Waals surface area (Å²) in [5.74, 6) is 0.195. The molecular weight excluding hydrogens is 307 g/mol. The van der Waals surface area contributed by atoms with Gasteiger partial charge in [-0.2, -0.15) is 0 Å². The molecular formula is C12H10Cl2N2O2S. The number of pyridine rings is 1. The Balaban J connectivity index is 2.32. The van der Waals surface area contributed by atoms with E-state index in [4.69, 9.17) is 23.2 Å². The van der Waals surface area contributed by atoms with Gasteiger partial charge in [0.15, 0.2) is 0 Å². The summed E-state index contributed by atoms with van der Waals surface area (Å²) in [6, 6.07) is 7.56. The molecule has 1 aromatic heterocycles. The van der Waals surface area contributed by atoms with Gasteiger partial charge in [-0.3, -0.25) is 4.72 Å². The first kappa shape index (κ1) is 14.1. The van der Waals surface area contributed by atoms with E-state index in [0.717, 1.165) is 5.56 Å². The smallest absolute Gasteiger partial charge is 0.263 e. The zero-order chi connectivity index (χ0) is 14.0. The van der Waals surface area contributed by atoms with E-state index in [1.165, 1.54) is 24.4 Å². The van der Waals surface area contributed by atoms with Crippen molar-refractivity contribution in [1.82, 2.24) is 4.98 Å². The Morgan fingerprint density at radius 3 is 2.47 bits per heavy atom. The van der Waals surface area contributed by atoms with Crippen molar-refractivity contribution in [1.29, 1.82) is 0 Å². The number of aromatic nitrogens is 1. The lowest BCUT2D eigenvalue weighted by Gasteiger charge is -2.08. The second-order valence-electron chi connectivity index (χ2n) is 3.88. The Kier molecular flexibility index (Phi) is 3.99. The summed E-state index contributed by atoms with van der Waals surface area (Å²) in [5, 5.41) is 0.827. The van der Waals surface area contributed by atoms with E-state index < -0.39 is 10.0 Å². The minimum Gasteiger partial charge on any atom is -0.263 e. The van der Waals surface area contributed by atoms with Gasteiger partial charge in [0.05, 0.1) is 9.92 Å². The molecule has 0 spiro atoms. The lowest BCUT2D eigenvalue weighted by Crippen LogP contribution is -2.13. The highest BCUT2D eigenvalue weighted by atomic mass is 35.5. The van der Waals surface area contributed by atoms with E-state index in [2.05, 4.69) is 9.71 Å². The van der Waals surface area contributed by atoms with Crippen LogP contribution >= 0.6 is 23.2 Å². The Morgan fingerprint density at radius 1 is 1.16 bits per heavy atom. The van der Waals surface area contributed by atoms with Gasteiger partial charge in [-0.25, -0.2) is 13.4 Å². The molecule has 0 aliphatic carbocycles. The molecule has 1 heterocycles. The minimum atomic E-state index is -3.71. The SMILES string of the molecule is Cc1ccc(S(=O)(=O)Nc2ccc(Cl)cn2)cc1Cl. The number of anilines is 1. The molecule has 0 fully saturated rings. The number of sulfonamides is 1. The van der Waals surface area contributed by atoms with Crippen molar-refractivity contribution in [3.8, 4) is 0 Å². The number of hydrogen-bond acceptors (Lipinski definition) is 3. The fourth-order valence-corrected chi connectivity index (χ4v) is 2.76. The van der Waals surface area contributed by atoms with Crippen LogP contribution in [0.2, 0.25) is 10.0 Å². The highest BCUT2D eigenvalue weighted by Gasteiger charge is 2.15. The lowest BCUT2D eigenvalue weighted by atomic mass is 10.2. The summed E-state index contributed by atoms with van der Waals surface area (Å²) >= 11 is 11.6. The molecule has 1 aromatic carbocycles. The van der Waals surface area contributed by atoms with Crippen molar-refractivity contribution < 1.29 is 8.42 Å². The molecule has 0 saturated heterocycles. The first-order chi connectivity index (χ1) is 8.88. The van der Waals surface area contributed by atoms with Crippen LogP contribution in [-0.4, -0.2) is 13.4 Å². The van der Waals surface area contributed by atoms with E-state index in [0.29, 0.717) is 10.0 Å². The number of benzene rings is 1. The lowest BCUT2D eigenvalue weighted by molar-refractivity contribution is 0.601. The Morgan fingerprint density at radius 2 is 1.89 bits per heavy atom. The quantitative estimate of drug-likeness (QED) is 0.942. The van der Waals surface area contributed by atoms with E-state index in [1.54, 1.807) is 19.1 Å². The maximum atomic E-state index is 12.1. The number of nitrogens with one attached hydrogen (secondary N) is 1. The molecule has 0 aliphatic heterocycles. The maximum Gasteiger partial charge on any atom is 0.263 e. The van der Waals surface area contributed by atoms with Crippen molar-refractivity contribution >= 4 is 39.0 Å².